The number of benzene rings is 1. The van der Waals surface area contributed by atoms with E-state index in [-0.39, 0.29) is 18.5 Å². The fourth-order valence-corrected chi connectivity index (χ4v) is 2.05. The molecule has 1 saturated heterocycles. The van der Waals surface area contributed by atoms with Crippen LogP contribution in [0.15, 0.2) is 24.3 Å². The maximum Gasteiger partial charge on any atom is 0.418 e. The SMILES string of the molecule is NC1(C(=O)Nc2ccccc2C(F)(F)F)CCOCC1. The molecule has 0 spiro atoms. The van der Waals surface area contributed by atoms with E-state index in [2.05, 4.69) is 5.32 Å². The van der Waals surface area contributed by atoms with Gasteiger partial charge in [0.1, 0.15) is 5.54 Å². The Bertz CT molecular complexity index is 497. The summed E-state index contributed by atoms with van der Waals surface area (Å²) in [5, 5.41) is 2.29. The summed E-state index contributed by atoms with van der Waals surface area (Å²) in [5.41, 5.74) is 3.59. The minimum atomic E-state index is -4.53. The van der Waals surface area contributed by atoms with Gasteiger partial charge in [-0.05, 0) is 25.0 Å². The molecule has 1 fully saturated rings. The van der Waals surface area contributed by atoms with E-state index in [0.29, 0.717) is 13.2 Å². The maximum absolute atomic E-state index is 12.8. The summed E-state index contributed by atoms with van der Waals surface area (Å²) in [5.74, 6) is -0.613. The van der Waals surface area contributed by atoms with Crippen molar-refractivity contribution in [2.45, 2.75) is 24.6 Å². The summed E-state index contributed by atoms with van der Waals surface area (Å²) in [6.07, 6.45) is -3.96. The van der Waals surface area contributed by atoms with Gasteiger partial charge >= 0.3 is 6.18 Å². The number of para-hydroxylation sites is 1. The van der Waals surface area contributed by atoms with E-state index in [0.717, 1.165) is 6.07 Å². The van der Waals surface area contributed by atoms with Crippen LogP contribution in [0, 0.1) is 0 Å². The molecule has 1 aromatic rings. The van der Waals surface area contributed by atoms with E-state index >= 15 is 0 Å². The molecule has 1 amide bonds. The molecule has 1 heterocycles. The molecule has 0 saturated carbocycles. The lowest BCUT2D eigenvalue weighted by atomic mass is 9.90. The summed E-state index contributed by atoms with van der Waals surface area (Å²) in [7, 11) is 0. The molecule has 0 bridgehead atoms. The van der Waals surface area contributed by atoms with Crippen molar-refractivity contribution in [2.75, 3.05) is 18.5 Å². The minimum absolute atomic E-state index is 0.277. The number of alkyl halides is 3. The Morgan fingerprint density at radius 2 is 1.85 bits per heavy atom. The second kappa shape index (κ2) is 5.41. The molecule has 1 aromatic carbocycles. The number of carbonyl (C=O) groups excluding carboxylic acids is 1. The molecule has 0 unspecified atom stereocenters. The highest BCUT2D eigenvalue weighted by molar-refractivity contribution is 5.98. The molecule has 20 heavy (non-hydrogen) atoms. The number of ether oxygens (including phenoxy) is 1. The predicted molar refractivity (Wildman–Crippen MR) is 67.0 cm³/mol. The molecular weight excluding hydrogens is 273 g/mol. The standard InChI is InChI=1S/C13H15F3N2O2/c14-13(15,16)9-3-1-2-4-10(9)18-11(19)12(17)5-7-20-8-6-12/h1-4H,5-8,17H2,(H,18,19). The Hall–Kier alpha value is -1.60. The topological polar surface area (TPSA) is 64.4 Å². The lowest BCUT2D eigenvalue weighted by Crippen LogP contribution is -2.54. The monoisotopic (exact) mass is 288 g/mol. The Balaban J connectivity index is 2.20. The van der Waals surface area contributed by atoms with Crippen molar-refractivity contribution in [3.63, 3.8) is 0 Å². The number of hydrogen-bond acceptors (Lipinski definition) is 3. The normalized spacial score (nSPS) is 18.6. The number of rotatable bonds is 2. The number of nitrogens with one attached hydrogen (secondary N) is 1. The molecule has 4 nitrogen and oxygen atoms in total. The predicted octanol–water partition coefficient (Wildman–Crippen LogP) is 2.15. The summed E-state index contributed by atoms with van der Waals surface area (Å²) in [6, 6.07) is 4.83. The van der Waals surface area contributed by atoms with E-state index in [1.165, 1.54) is 18.2 Å². The lowest BCUT2D eigenvalue weighted by molar-refractivity contribution is -0.137. The zero-order valence-corrected chi connectivity index (χ0v) is 10.7. The van der Waals surface area contributed by atoms with Crippen molar-refractivity contribution in [1.82, 2.24) is 0 Å². The first-order valence-corrected chi connectivity index (χ1v) is 6.17. The molecule has 0 atom stereocenters. The molecule has 0 aliphatic carbocycles. The Morgan fingerprint density at radius 3 is 2.45 bits per heavy atom. The zero-order chi connectivity index (χ0) is 14.8. The van der Waals surface area contributed by atoms with Crippen LogP contribution in [0.5, 0.6) is 0 Å². The van der Waals surface area contributed by atoms with Gasteiger partial charge in [0.15, 0.2) is 0 Å². The van der Waals surface area contributed by atoms with Crippen LogP contribution in [0.25, 0.3) is 0 Å². The Labute approximate surface area is 114 Å². The third kappa shape index (κ3) is 3.10. The maximum atomic E-state index is 12.8. The van der Waals surface area contributed by atoms with E-state index in [4.69, 9.17) is 10.5 Å². The van der Waals surface area contributed by atoms with Gasteiger partial charge in [-0.1, -0.05) is 12.1 Å². The van der Waals surface area contributed by atoms with Gasteiger partial charge in [-0.3, -0.25) is 4.79 Å². The van der Waals surface area contributed by atoms with Crippen molar-refractivity contribution in [3.05, 3.63) is 29.8 Å². The molecule has 0 radical (unpaired) electrons. The summed E-state index contributed by atoms with van der Waals surface area (Å²) < 4.78 is 43.6. The first-order valence-electron chi connectivity index (χ1n) is 6.17. The van der Waals surface area contributed by atoms with Gasteiger partial charge in [0.05, 0.1) is 11.3 Å². The molecular formula is C13H15F3N2O2. The first kappa shape index (κ1) is 14.8. The third-order valence-electron chi connectivity index (χ3n) is 3.32. The summed E-state index contributed by atoms with van der Waals surface area (Å²) >= 11 is 0. The van der Waals surface area contributed by atoms with Crippen LogP contribution in [0.1, 0.15) is 18.4 Å². The van der Waals surface area contributed by atoms with Gasteiger partial charge in [0, 0.05) is 13.2 Å². The van der Waals surface area contributed by atoms with Gasteiger partial charge in [0.25, 0.3) is 0 Å². The smallest absolute Gasteiger partial charge is 0.381 e. The zero-order valence-electron chi connectivity index (χ0n) is 10.7. The Kier molecular flexibility index (Phi) is 4.01. The first-order chi connectivity index (χ1) is 9.33. The third-order valence-corrected chi connectivity index (χ3v) is 3.32. The number of anilines is 1. The van der Waals surface area contributed by atoms with Crippen molar-refractivity contribution in [2.24, 2.45) is 5.73 Å². The van der Waals surface area contributed by atoms with Crippen molar-refractivity contribution >= 4 is 11.6 Å². The molecule has 3 N–H and O–H groups in total. The molecule has 1 aliphatic heterocycles. The lowest BCUT2D eigenvalue weighted by Gasteiger charge is -2.32. The van der Waals surface area contributed by atoms with Crippen molar-refractivity contribution in [1.29, 1.82) is 0 Å². The molecule has 110 valence electrons. The quantitative estimate of drug-likeness (QED) is 0.876. The van der Waals surface area contributed by atoms with Gasteiger partial charge in [-0.25, -0.2) is 0 Å². The molecule has 1 aliphatic rings. The van der Waals surface area contributed by atoms with Crippen LogP contribution in [-0.4, -0.2) is 24.7 Å². The van der Waals surface area contributed by atoms with Crippen molar-refractivity contribution in [3.8, 4) is 0 Å². The average molecular weight is 288 g/mol. The van der Waals surface area contributed by atoms with E-state index < -0.39 is 23.2 Å². The van der Waals surface area contributed by atoms with Crippen LogP contribution in [0.3, 0.4) is 0 Å². The van der Waals surface area contributed by atoms with Crippen LogP contribution >= 0.6 is 0 Å². The number of halogens is 3. The van der Waals surface area contributed by atoms with Gasteiger partial charge in [-0.15, -0.1) is 0 Å². The second-order valence-electron chi connectivity index (χ2n) is 4.77. The van der Waals surface area contributed by atoms with Crippen LogP contribution in [0.4, 0.5) is 18.9 Å². The number of carbonyl (C=O) groups is 1. The van der Waals surface area contributed by atoms with Crippen molar-refractivity contribution < 1.29 is 22.7 Å². The fourth-order valence-electron chi connectivity index (χ4n) is 2.05. The largest absolute Gasteiger partial charge is 0.418 e. The van der Waals surface area contributed by atoms with Gasteiger partial charge < -0.3 is 15.8 Å². The number of amides is 1. The van der Waals surface area contributed by atoms with Gasteiger partial charge in [0.2, 0.25) is 5.91 Å². The second-order valence-corrected chi connectivity index (χ2v) is 4.77. The van der Waals surface area contributed by atoms with E-state index in [9.17, 15) is 18.0 Å². The highest BCUT2D eigenvalue weighted by Gasteiger charge is 2.38. The Morgan fingerprint density at radius 1 is 1.25 bits per heavy atom. The summed E-state index contributed by atoms with van der Waals surface area (Å²) in [6.45, 7) is 0.648. The van der Waals surface area contributed by atoms with E-state index in [1.54, 1.807) is 0 Å². The minimum Gasteiger partial charge on any atom is -0.381 e. The fraction of sp³-hybridized carbons (Fsp3) is 0.462. The number of hydrogen-bond donors (Lipinski definition) is 2. The molecule has 2 rings (SSSR count). The molecule has 7 heteroatoms. The highest BCUT2D eigenvalue weighted by Crippen LogP contribution is 2.35. The van der Waals surface area contributed by atoms with E-state index in [1.807, 2.05) is 0 Å². The summed E-state index contributed by atoms with van der Waals surface area (Å²) in [4.78, 5) is 12.1. The molecule has 0 aromatic heterocycles. The highest BCUT2D eigenvalue weighted by atomic mass is 19.4. The van der Waals surface area contributed by atoms with Crippen LogP contribution in [-0.2, 0) is 15.7 Å². The average Bonchev–Trinajstić information content (AvgIpc) is 2.39. The van der Waals surface area contributed by atoms with Gasteiger partial charge in [-0.2, -0.15) is 13.2 Å². The van der Waals surface area contributed by atoms with Crippen LogP contribution < -0.4 is 11.1 Å². The number of nitrogens with two attached hydrogens (primary N) is 1. The van der Waals surface area contributed by atoms with Crippen LogP contribution in [0.2, 0.25) is 0 Å².